The highest BCUT2D eigenvalue weighted by Crippen LogP contribution is 2.19. The summed E-state index contributed by atoms with van der Waals surface area (Å²) in [6, 6.07) is 22.9. The number of carbonyl (C=O) groups is 2. The van der Waals surface area contributed by atoms with E-state index in [1.165, 1.54) is 0 Å². The van der Waals surface area contributed by atoms with Crippen molar-refractivity contribution in [3.8, 4) is 0 Å². The Morgan fingerprint density at radius 3 is 2.28 bits per heavy atom. The van der Waals surface area contributed by atoms with Gasteiger partial charge in [-0.15, -0.1) is 0 Å². The van der Waals surface area contributed by atoms with E-state index in [1.807, 2.05) is 93.7 Å². The maximum atomic E-state index is 13.4. The molecule has 2 atom stereocenters. The van der Waals surface area contributed by atoms with E-state index in [2.05, 4.69) is 17.6 Å². The summed E-state index contributed by atoms with van der Waals surface area (Å²) in [6.07, 6.45) is 0.837. The van der Waals surface area contributed by atoms with Crippen molar-refractivity contribution in [2.45, 2.75) is 33.2 Å². The van der Waals surface area contributed by atoms with Crippen molar-refractivity contribution in [3.05, 3.63) is 95.1 Å². The first-order valence-corrected chi connectivity index (χ1v) is 11.0. The molecule has 3 rings (SSSR count). The van der Waals surface area contributed by atoms with Crippen LogP contribution >= 0.6 is 0 Å². The first-order valence-electron chi connectivity index (χ1n) is 11.0. The Balaban J connectivity index is 1.80. The summed E-state index contributed by atoms with van der Waals surface area (Å²) in [7, 11) is 1.88. The third-order valence-electron chi connectivity index (χ3n) is 5.65. The minimum Gasteiger partial charge on any atom is -0.321 e. The Labute approximate surface area is 190 Å². The van der Waals surface area contributed by atoms with Crippen molar-refractivity contribution in [2.75, 3.05) is 24.2 Å². The van der Waals surface area contributed by atoms with Crippen LogP contribution in [0.15, 0.2) is 72.8 Å². The molecule has 32 heavy (non-hydrogen) atoms. The average Bonchev–Trinajstić information content (AvgIpc) is 2.77. The molecule has 0 fully saturated rings. The van der Waals surface area contributed by atoms with Crippen LogP contribution in [-0.2, 0) is 16.0 Å². The van der Waals surface area contributed by atoms with Crippen LogP contribution in [0.3, 0.4) is 0 Å². The highest BCUT2D eigenvalue weighted by Gasteiger charge is 2.31. The van der Waals surface area contributed by atoms with Crippen molar-refractivity contribution in [1.29, 1.82) is 0 Å². The molecule has 0 radical (unpaired) electrons. The predicted molar refractivity (Wildman–Crippen MR) is 130 cm³/mol. The van der Waals surface area contributed by atoms with Crippen LogP contribution in [0.1, 0.15) is 35.2 Å². The first kappa shape index (κ1) is 23.2. The molecular formula is C27H32N3O2+. The quantitative estimate of drug-likeness (QED) is 0.510. The molecule has 0 spiro atoms. The molecule has 0 aromatic heterocycles. The Morgan fingerprint density at radius 2 is 1.56 bits per heavy atom. The summed E-state index contributed by atoms with van der Waals surface area (Å²) in [4.78, 5) is 27.0. The van der Waals surface area contributed by atoms with Crippen LogP contribution in [0, 0.1) is 13.8 Å². The van der Waals surface area contributed by atoms with Gasteiger partial charge in [0.2, 0.25) is 0 Å². The van der Waals surface area contributed by atoms with Gasteiger partial charge in [0, 0.05) is 16.9 Å². The van der Waals surface area contributed by atoms with Gasteiger partial charge in [0.1, 0.15) is 0 Å². The number of amides is 2. The van der Waals surface area contributed by atoms with Crippen LogP contribution in [0.5, 0.6) is 0 Å². The van der Waals surface area contributed by atoms with E-state index in [-0.39, 0.29) is 18.4 Å². The zero-order chi connectivity index (χ0) is 23.1. The highest BCUT2D eigenvalue weighted by atomic mass is 16.2. The third kappa shape index (κ3) is 5.83. The second kappa shape index (κ2) is 10.7. The van der Waals surface area contributed by atoms with E-state index < -0.39 is 6.04 Å². The number of para-hydroxylation sites is 1. The minimum absolute atomic E-state index is 0.121. The van der Waals surface area contributed by atoms with Gasteiger partial charge in [-0.05, 0) is 49.1 Å². The molecule has 0 aliphatic rings. The number of aryl methyl sites for hydroxylation is 3. The Bertz CT molecular complexity index is 1080. The molecule has 5 nitrogen and oxygen atoms in total. The average molecular weight is 431 g/mol. The van der Waals surface area contributed by atoms with E-state index in [9.17, 15) is 9.59 Å². The number of anilines is 2. The normalized spacial score (nSPS) is 12.6. The number of nitrogens with one attached hydrogen (secondary N) is 3. The lowest BCUT2D eigenvalue weighted by atomic mass is 10.0. The van der Waals surface area contributed by atoms with Crippen molar-refractivity contribution < 1.29 is 14.5 Å². The van der Waals surface area contributed by atoms with Crippen LogP contribution < -0.4 is 15.5 Å². The molecule has 0 bridgehead atoms. The van der Waals surface area contributed by atoms with Gasteiger partial charge in [-0.25, -0.2) is 0 Å². The Kier molecular flexibility index (Phi) is 7.79. The molecule has 0 heterocycles. The second-order valence-electron chi connectivity index (χ2n) is 8.23. The van der Waals surface area contributed by atoms with E-state index in [0.29, 0.717) is 0 Å². The number of rotatable bonds is 8. The summed E-state index contributed by atoms with van der Waals surface area (Å²) in [5, 5.41) is 6.09. The highest BCUT2D eigenvalue weighted by molar-refractivity contribution is 5.96. The number of carbonyl (C=O) groups excluding carboxylic acids is 2. The number of hydrogen-bond donors (Lipinski definition) is 3. The number of quaternary nitrogens is 1. The summed E-state index contributed by atoms with van der Waals surface area (Å²) >= 11 is 0. The first-order chi connectivity index (χ1) is 15.4. The van der Waals surface area contributed by atoms with E-state index in [0.717, 1.165) is 44.9 Å². The molecule has 3 aromatic carbocycles. The van der Waals surface area contributed by atoms with Gasteiger partial charge in [-0.1, -0.05) is 67.6 Å². The molecule has 0 aliphatic heterocycles. The molecule has 3 N–H and O–H groups in total. The van der Waals surface area contributed by atoms with Gasteiger partial charge in [0.15, 0.2) is 12.6 Å². The van der Waals surface area contributed by atoms with Crippen LogP contribution in [-0.4, -0.2) is 25.4 Å². The lowest BCUT2D eigenvalue weighted by molar-refractivity contribution is -0.893. The van der Waals surface area contributed by atoms with Crippen molar-refractivity contribution >= 4 is 23.2 Å². The monoisotopic (exact) mass is 430 g/mol. The summed E-state index contributed by atoms with van der Waals surface area (Å²) in [5.41, 5.74) is 5.66. The maximum Gasteiger partial charge on any atom is 0.287 e. The molecule has 2 amide bonds. The Morgan fingerprint density at radius 1 is 0.875 bits per heavy atom. The summed E-state index contributed by atoms with van der Waals surface area (Å²) < 4.78 is 0. The SMILES string of the molecule is CCc1ccccc1NC(=O)C[NH+](C)[C@@H](C(=O)Nc1cc(C)ccc1C)c1ccccc1. The summed E-state index contributed by atoms with van der Waals surface area (Å²) in [5.74, 6) is -0.256. The molecule has 0 aliphatic carbocycles. The lowest BCUT2D eigenvalue weighted by Gasteiger charge is -2.25. The van der Waals surface area contributed by atoms with Gasteiger partial charge < -0.3 is 15.5 Å². The largest absolute Gasteiger partial charge is 0.321 e. The molecule has 3 aromatic rings. The van der Waals surface area contributed by atoms with Crippen LogP contribution in [0.4, 0.5) is 11.4 Å². The van der Waals surface area contributed by atoms with E-state index in [4.69, 9.17) is 0 Å². The Hall–Kier alpha value is -3.44. The zero-order valence-electron chi connectivity index (χ0n) is 19.2. The topological polar surface area (TPSA) is 62.6 Å². The van der Waals surface area contributed by atoms with E-state index in [1.54, 1.807) is 0 Å². The van der Waals surface area contributed by atoms with Gasteiger partial charge in [-0.3, -0.25) is 9.59 Å². The lowest BCUT2D eigenvalue weighted by Crippen LogP contribution is -3.11. The number of hydrogen-bond acceptors (Lipinski definition) is 2. The van der Waals surface area contributed by atoms with Gasteiger partial charge in [0.05, 0.1) is 7.05 Å². The third-order valence-corrected chi connectivity index (χ3v) is 5.65. The second-order valence-corrected chi connectivity index (χ2v) is 8.23. The van der Waals surface area contributed by atoms with Crippen molar-refractivity contribution in [2.24, 2.45) is 0 Å². The molecule has 0 saturated heterocycles. The molecule has 0 saturated carbocycles. The number of likely N-dealkylation sites (N-methyl/N-ethyl adjacent to an activating group) is 1. The molecular weight excluding hydrogens is 398 g/mol. The molecule has 1 unspecified atom stereocenters. The van der Waals surface area contributed by atoms with Gasteiger partial charge >= 0.3 is 0 Å². The fourth-order valence-corrected chi connectivity index (χ4v) is 3.88. The summed E-state index contributed by atoms with van der Waals surface area (Å²) in [6.45, 7) is 6.20. The van der Waals surface area contributed by atoms with E-state index >= 15 is 0 Å². The number of benzene rings is 3. The molecule has 166 valence electrons. The van der Waals surface area contributed by atoms with Gasteiger partial charge in [0.25, 0.3) is 11.8 Å². The standard InChI is InChI=1S/C27H31N3O2/c1-5-21-11-9-10-14-23(21)28-25(31)18-30(4)26(22-12-7-6-8-13-22)27(32)29-24-17-19(2)15-16-20(24)3/h6-17,26H,5,18H2,1-4H3,(H,28,31)(H,29,32)/p+1/t26-/m1/s1. The fourth-order valence-electron chi connectivity index (χ4n) is 3.88. The smallest absolute Gasteiger partial charge is 0.287 e. The fraction of sp³-hybridized carbons (Fsp3) is 0.259. The predicted octanol–water partition coefficient (Wildman–Crippen LogP) is 3.70. The maximum absolute atomic E-state index is 13.4. The van der Waals surface area contributed by atoms with Crippen LogP contribution in [0.2, 0.25) is 0 Å². The minimum atomic E-state index is -0.525. The van der Waals surface area contributed by atoms with Gasteiger partial charge in [-0.2, -0.15) is 0 Å². The molecule has 5 heteroatoms. The van der Waals surface area contributed by atoms with Crippen LogP contribution in [0.25, 0.3) is 0 Å². The zero-order valence-corrected chi connectivity index (χ0v) is 19.2. The van der Waals surface area contributed by atoms with Crippen molar-refractivity contribution in [3.63, 3.8) is 0 Å². The van der Waals surface area contributed by atoms with Crippen molar-refractivity contribution in [1.82, 2.24) is 0 Å².